The van der Waals surface area contributed by atoms with Gasteiger partial charge >= 0.3 is 5.97 Å². The molecular formula is C21H32N2O3. The molecule has 5 nitrogen and oxygen atoms in total. The van der Waals surface area contributed by atoms with Gasteiger partial charge in [0.2, 0.25) is 5.91 Å². The maximum Gasteiger partial charge on any atom is 0.307 e. The second-order valence-electron chi connectivity index (χ2n) is 6.85. The lowest BCUT2D eigenvalue weighted by Crippen LogP contribution is -2.35. The molecule has 0 atom stereocenters. The molecule has 1 aliphatic heterocycles. The molecule has 0 aliphatic carbocycles. The lowest BCUT2D eigenvalue weighted by molar-refractivity contribution is -0.144. The summed E-state index contributed by atoms with van der Waals surface area (Å²) in [6.07, 6.45) is 5.33. The molecule has 1 saturated heterocycles. The van der Waals surface area contributed by atoms with Gasteiger partial charge in [0.05, 0.1) is 19.4 Å². The highest BCUT2D eigenvalue weighted by molar-refractivity contribution is 5.79. The van der Waals surface area contributed by atoms with Crippen molar-refractivity contribution in [3.05, 3.63) is 35.9 Å². The van der Waals surface area contributed by atoms with Crippen molar-refractivity contribution in [3.8, 4) is 0 Å². The molecule has 0 unspecified atom stereocenters. The Morgan fingerprint density at radius 1 is 1.08 bits per heavy atom. The maximum absolute atomic E-state index is 12.7. The first-order chi connectivity index (χ1) is 12.7. The Morgan fingerprint density at radius 3 is 2.50 bits per heavy atom. The van der Waals surface area contributed by atoms with Gasteiger partial charge in [0.1, 0.15) is 0 Å². The zero-order valence-corrected chi connectivity index (χ0v) is 16.0. The molecule has 1 fully saturated rings. The van der Waals surface area contributed by atoms with E-state index in [9.17, 15) is 9.59 Å². The molecule has 2 rings (SSSR count). The third kappa shape index (κ3) is 7.56. The van der Waals surface area contributed by atoms with Gasteiger partial charge in [0.25, 0.3) is 0 Å². The molecule has 0 saturated carbocycles. The van der Waals surface area contributed by atoms with Crippen LogP contribution < -0.4 is 0 Å². The van der Waals surface area contributed by atoms with E-state index < -0.39 is 0 Å². The third-order valence-corrected chi connectivity index (χ3v) is 4.79. The molecule has 1 aromatic rings. The van der Waals surface area contributed by atoms with Gasteiger partial charge in [0.15, 0.2) is 0 Å². The van der Waals surface area contributed by atoms with Gasteiger partial charge in [0, 0.05) is 13.1 Å². The summed E-state index contributed by atoms with van der Waals surface area (Å²) in [6, 6.07) is 9.78. The number of nitrogens with zero attached hydrogens (tertiary/aromatic N) is 2. The van der Waals surface area contributed by atoms with Gasteiger partial charge in [-0.3, -0.25) is 9.59 Å². The van der Waals surface area contributed by atoms with E-state index in [0.29, 0.717) is 26.1 Å². The van der Waals surface area contributed by atoms with Gasteiger partial charge < -0.3 is 14.5 Å². The van der Waals surface area contributed by atoms with Crippen LogP contribution in [0.15, 0.2) is 30.3 Å². The molecule has 0 N–H and O–H groups in total. The molecular weight excluding hydrogens is 328 g/mol. The Balaban J connectivity index is 1.80. The third-order valence-electron chi connectivity index (χ3n) is 4.79. The number of rotatable bonds is 11. The van der Waals surface area contributed by atoms with Gasteiger partial charge in [-0.05, 0) is 57.8 Å². The summed E-state index contributed by atoms with van der Waals surface area (Å²) in [5.41, 5.74) is 1.01. The molecule has 26 heavy (non-hydrogen) atoms. The second-order valence-corrected chi connectivity index (χ2v) is 6.85. The summed E-state index contributed by atoms with van der Waals surface area (Å²) in [6.45, 7) is 6.85. The van der Waals surface area contributed by atoms with Gasteiger partial charge in [-0.25, -0.2) is 0 Å². The van der Waals surface area contributed by atoms with Crippen LogP contribution in [0.4, 0.5) is 0 Å². The van der Waals surface area contributed by atoms with Crippen molar-refractivity contribution in [1.82, 2.24) is 9.80 Å². The highest BCUT2D eigenvalue weighted by atomic mass is 16.5. The largest absolute Gasteiger partial charge is 0.466 e. The van der Waals surface area contributed by atoms with Crippen LogP contribution in [0.1, 0.15) is 44.6 Å². The van der Waals surface area contributed by atoms with E-state index in [4.69, 9.17) is 4.74 Å². The Bertz CT molecular complexity index is 541. The molecule has 5 heteroatoms. The number of carbonyl (C=O) groups excluding carboxylic acids is 2. The van der Waals surface area contributed by atoms with Crippen molar-refractivity contribution < 1.29 is 14.3 Å². The predicted octanol–water partition coefficient (Wildman–Crippen LogP) is 2.89. The fourth-order valence-electron chi connectivity index (χ4n) is 3.35. The van der Waals surface area contributed by atoms with E-state index in [1.807, 2.05) is 35.2 Å². The van der Waals surface area contributed by atoms with Crippen LogP contribution in [-0.4, -0.2) is 61.0 Å². The lowest BCUT2D eigenvalue weighted by Gasteiger charge is -2.23. The van der Waals surface area contributed by atoms with Crippen molar-refractivity contribution in [3.63, 3.8) is 0 Å². The second kappa shape index (κ2) is 11.7. The zero-order valence-electron chi connectivity index (χ0n) is 16.0. The van der Waals surface area contributed by atoms with Crippen molar-refractivity contribution in [2.75, 3.05) is 39.3 Å². The molecule has 1 heterocycles. The first-order valence-corrected chi connectivity index (χ1v) is 9.88. The van der Waals surface area contributed by atoms with E-state index in [1.165, 1.54) is 25.9 Å². The van der Waals surface area contributed by atoms with Crippen LogP contribution in [0.2, 0.25) is 0 Å². The van der Waals surface area contributed by atoms with Crippen LogP contribution in [0.3, 0.4) is 0 Å². The normalized spacial score (nSPS) is 14.3. The number of hydrogen-bond acceptors (Lipinski definition) is 4. The quantitative estimate of drug-likeness (QED) is 0.450. The highest BCUT2D eigenvalue weighted by Crippen LogP contribution is 2.10. The van der Waals surface area contributed by atoms with Crippen LogP contribution in [0.25, 0.3) is 0 Å². The fourth-order valence-corrected chi connectivity index (χ4v) is 3.35. The smallest absolute Gasteiger partial charge is 0.307 e. The fraction of sp³-hybridized carbons (Fsp3) is 0.619. The summed E-state index contributed by atoms with van der Waals surface area (Å²) < 4.78 is 5.00. The van der Waals surface area contributed by atoms with Gasteiger partial charge in [-0.2, -0.15) is 0 Å². The Hall–Kier alpha value is -1.88. The number of hydrogen-bond donors (Lipinski definition) is 0. The van der Waals surface area contributed by atoms with Crippen molar-refractivity contribution >= 4 is 11.9 Å². The molecule has 0 spiro atoms. The van der Waals surface area contributed by atoms with Crippen molar-refractivity contribution in [1.29, 1.82) is 0 Å². The van der Waals surface area contributed by atoms with Crippen LogP contribution in [0, 0.1) is 0 Å². The van der Waals surface area contributed by atoms with Gasteiger partial charge in [-0.15, -0.1) is 0 Å². The summed E-state index contributed by atoms with van der Waals surface area (Å²) in [5, 5.41) is 0. The highest BCUT2D eigenvalue weighted by Gasteiger charge is 2.16. The molecule has 1 amide bonds. The van der Waals surface area contributed by atoms with E-state index in [2.05, 4.69) is 4.90 Å². The van der Waals surface area contributed by atoms with Gasteiger partial charge in [-0.1, -0.05) is 30.3 Å². The van der Waals surface area contributed by atoms with Crippen LogP contribution in [0.5, 0.6) is 0 Å². The number of ether oxygens (including phenoxy) is 1. The Morgan fingerprint density at radius 2 is 1.81 bits per heavy atom. The summed E-state index contributed by atoms with van der Waals surface area (Å²) >= 11 is 0. The first kappa shape index (κ1) is 20.4. The van der Waals surface area contributed by atoms with E-state index in [-0.39, 0.29) is 18.3 Å². The Kier molecular flexibility index (Phi) is 9.18. The minimum absolute atomic E-state index is 0.0849. The molecule has 0 radical (unpaired) electrons. The van der Waals surface area contributed by atoms with Crippen LogP contribution >= 0.6 is 0 Å². The number of esters is 1. The lowest BCUT2D eigenvalue weighted by atomic mass is 10.1. The average molecular weight is 360 g/mol. The monoisotopic (exact) mass is 360 g/mol. The maximum atomic E-state index is 12.7. The molecule has 144 valence electrons. The summed E-state index contributed by atoms with van der Waals surface area (Å²) in [4.78, 5) is 28.7. The van der Waals surface area contributed by atoms with E-state index >= 15 is 0 Å². The number of carbonyl (C=O) groups is 2. The standard InChI is InChI=1S/C21H32N2O3/c1-2-26-21(25)12-17-23(16-9-8-15-22-13-6-7-14-22)20(24)18-19-10-4-3-5-11-19/h3-5,10-11H,2,6-9,12-18H2,1H3. The molecule has 0 aromatic heterocycles. The number of benzene rings is 1. The van der Waals surface area contributed by atoms with E-state index in [1.54, 1.807) is 6.92 Å². The number of amides is 1. The number of unbranched alkanes of at least 4 members (excludes halogenated alkanes) is 1. The molecule has 1 aliphatic rings. The average Bonchev–Trinajstić information content (AvgIpc) is 3.15. The van der Waals surface area contributed by atoms with E-state index in [0.717, 1.165) is 24.9 Å². The zero-order chi connectivity index (χ0) is 18.6. The summed E-state index contributed by atoms with van der Waals surface area (Å²) in [7, 11) is 0. The minimum Gasteiger partial charge on any atom is -0.466 e. The SMILES string of the molecule is CCOC(=O)CCN(CCCCN1CCCC1)C(=O)Cc1ccccc1. The van der Waals surface area contributed by atoms with Crippen molar-refractivity contribution in [2.45, 2.75) is 45.4 Å². The Labute approximate surface area is 157 Å². The molecule has 0 bridgehead atoms. The van der Waals surface area contributed by atoms with Crippen molar-refractivity contribution in [2.24, 2.45) is 0 Å². The first-order valence-electron chi connectivity index (χ1n) is 9.88. The topological polar surface area (TPSA) is 49.9 Å². The van der Waals surface area contributed by atoms with Crippen LogP contribution in [-0.2, 0) is 20.7 Å². The number of likely N-dealkylation sites (tertiary alicyclic amines) is 1. The predicted molar refractivity (Wildman–Crippen MR) is 103 cm³/mol. The molecule has 1 aromatic carbocycles. The summed E-state index contributed by atoms with van der Waals surface area (Å²) in [5.74, 6) is -0.149. The minimum atomic E-state index is -0.234.